The van der Waals surface area contributed by atoms with Gasteiger partial charge in [-0.2, -0.15) is 5.26 Å². The Hall–Kier alpha value is -8.26. The molecule has 10 rings (SSSR count). The first-order valence-corrected chi connectivity index (χ1v) is 20.0. The summed E-state index contributed by atoms with van der Waals surface area (Å²) in [5, 5.41) is 21.8. The molecule has 1 aliphatic carbocycles. The Morgan fingerprint density at radius 2 is 1.00 bits per heavy atom. The van der Waals surface area contributed by atoms with E-state index in [4.69, 9.17) is 10.4 Å². The molecule has 9 aromatic carbocycles. The molecule has 0 saturated carbocycles. The van der Waals surface area contributed by atoms with Gasteiger partial charge in [-0.1, -0.05) is 188 Å². The van der Waals surface area contributed by atoms with Crippen LogP contribution in [0, 0.1) is 16.7 Å². The molecular formula is C56H36N4. The molecule has 280 valence electrons. The van der Waals surface area contributed by atoms with E-state index < -0.39 is 0 Å². The molecule has 0 amide bonds. The molecule has 1 aliphatic rings. The van der Waals surface area contributed by atoms with Gasteiger partial charge >= 0.3 is 0 Å². The van der Waals surface area contributed by atoms with Crippen LogP contribution in [-0.4, -0.2) is 17.9 Å². The third-order valence-corrected chi connectivity index (χ3v) is 11.2. The van der Waals surface area contributed by atoms with Crippen molar-refractivity contribution in [2.45, 2.75) is 0 Å². The Labute approximate surface area is 349 Å². The number of benzene rings is 9. The maximum Gasteiger partial charge on any atom is 0.161 e. The predicted octanol–water partition coefficient (Wildman–Crippen LogP) is 13.9. The van der Waals surface area contributed by atoms with E-state index >= 15 is 0 Å². The number of fused-ring (bicyclic) bond motifs is 3. The highest BCUT2D eigenvalue weighted by Gasteiger charge is 2.25. The summed E-state index contributed by atoms with van der Waals surface area (Å²) in [5.41, 5.74) is 16.4. The van der Waals surface area contributed by atoms with Gasteiger partial charge in [0.1, 0.15) is 0 Å². The van der Waals surface area contributed by atoms with Crippen LogP contribution < -0.4 is 0 Å². The summed E-state index contributed by atoms with van der Waals surface area (Å²) in [6.45, 7) is 0. The van der Waals surface area contributed by atoms with Crippen molar-refractivity contribution in [3.63, 3.8) is 0 Å². The van der Waals surface area contributed by atoms with E-state index in [0.717, 1.165) is 50.1 Å². The van der Waals surface area contributed by atoms with Gasteiger partial charge in [0.05, 0.1) is 11.6 Å². The average molecular weight is 765 g/mol. The lowest BCUT2D eigenvalue weighted by Gasteiger charge is -2.17. The van der Waals surface area contributed by atoms with Crippen LogP contribution in [0.4, 0.5) is 0 Å². The molecule has 0 heterocycles. The second-order valence-corrected chi connectivity index (χ2v) is 14.8. The number of aliphatic imine (C=N–C) groups is 2. The summed E-state index contributed by atoms with van der Waals surface area (Å²) in [6, 6.07) is 72.8. The van der Waals surface area contributed by atoms with Gasteiger partial charge in [-0.3, -0.25) is 5.41 Å². The lowest BCUT2D eigenvalue weighted by Crippen LogP contribution is -2.04. The molecule has 1 N–H and O–H groups in total. The molecule has 0 spiro atoms. The standard InChI is InChI=1S/C56H36N4/c57-35-44-25-13-28-46(41-22-9-15-37(33-41)36-59-56(40-18-5-2-6-19-40)60-55(58)39-16-3-1-4-17-39)52(44)43-24-10-23-42(34-43)45-26-7-8-27-47(45)48-30-14-31-50-49-29-11-20-38-21-12-32-51(53(38)49)54(48)50/h1-34,36,58H. The highest BCUT2D eigenvalue weighted by Crippen LogP contribution is 2.52. The van der Waals surface area contributed by atoms with Gasteiger partial charge < -0.3 is 0 Å². The van der Waals surface area contributed by atoms with Crippen molar-refractivity contribution in [2.75, 3.05) is 0 Å². The van der Waals surface area contributed by atoms with Crippen molar-refractivity contribution in [3.8, 4) is 72.8 Å². The van der Waals surface area contributed by atoms with Gasteiger partial charge in [-0.15, -0.1) is 0 Å². The Morgan fingerprint density at radius 3 is 1.77 bits per heavy atom. The van der Waals surface area contributed by atoms with Crippen LogP contribution in [0.2, 0.25) is 0 Å². The van der Waals surface area contributed by atoms with Crippen LogP contribution in [-0.2, 0) is 0 Å². The molecule has 4 nitrogen and oxygen atoms in total. The van der Waals surface area contributed by atoms with Crippen molar-refractivity contribution in [3.05, 3.63) is 229 Å². The number of amidine groups is 2. The zero-order chi connectivity index (χ0) is 40.4. The van der Waals surface area contributed by atoms with E-state index in [-0.39, 0.29) is 5.84 Å². The van der Waals surface area contributed by atoms with E-state index in [1.165, 1.54) is 38.6 Å². The van der Waals surface area contributed by atoms with Crippen LogP contribution in [0.5, 0.6) is 0 Å². The van der Waals surface area contributed by atoms with E-state index in [0.29, 0.717) is 17.0 Å². The Balaban J connectivity index is 1.04. The summed E-state index contributed by atoms with van der Waals surface area (Å²) < 4.78 is 0. The third-order valence-electron chi connectivity index (χ3n) is 11.2. The Morgan fingerprint density at radius 1 is 0.450 bits per heavy atom. The fourth-order valence-corrected chi connectivity index (χ4v) is 8.52. The summed E-state index contributed by atoms with van der Waals surface area (Å²) >= 11 is 0. The van der Waals surface area contributed by atoms with Crippen LogP contribution in [0.1, 0.15) is 22.3 Å². The molecule has 9 aromatic rings. The van der Waals surface area contributed by atoms with Crippen molar-refractivity contribution < 1.29 is 0 Å². The minimum absolute atomic E-state index is 0.138. The molecule has 0 bridgehead atoms. The summed E-state index contributed by atoms with van der Waals surface area (Å²) in [7, 11) is 0. The maximum atomic E-state index is 10.5. The zero-order valence-corrected chi connectivity index (χ0v) is 32.5. The zero-order valence-electron chi connectivity index (χ0n) is 32.5. The second-order valence-electron chi connectivity index (χ2n) is 14.8. The first kappa shape index (κ1) is 36.1. The quantitative estimate of drug-likeness (QED) is 0.127. The smallest absolute Gasteiger partial charge is 0.161 e. The highest BCUT2D eigenvalue weighted by atomic mass is 14.9. The molecule has 0 fully saturated rings. The fourth-order valence-electron chi connectivity index (χ4n) is 8.52. The third kappa shape index (κ3) is 6.61. The molecule has 0 radical (unpaired) electrons. The minimum atomic E-state index is 0.138. The van der Waals surface area contributed by atoms with Gasteiger partial charge in [0.25, 0.3) is 0 Å². The van der Waals surface area contributed by atoms with Crippen molar-refractivity contribution in [1.29, 1.82) is 10.7 Å². The van der Waals surface area contributed by atoms with E-state index in [2.05, 4.69) is 132 Å². The number of nitriles is 1. The summed E-state index contributed by atoms with van der Waals surface area (Å²) in [6.07, 6.45) is 1.79. The lowest BCUT2D eigenvalue weighted by atomic mass is 9.86. The van der Waals surface area contributed by atoms with Gasteiger partial charge in [-0.25, -0.2) is 9.98 Å². The van der Waals surface area contributed by atoms with Crippen molar-refractivity contribution in [1.82, 2.24) is 0 Å². The van der Waals surface area contributed by atoms with Gasteiger partial charge in [0.15, 0.2) is 11.7 Å². The molecular weight excluding hydrogens is 729 g/mol. The van der Waals surface area contributed by atoms with Crippen LogP contribution in [0.25, 0.3) is 77.5 Å². The molecule has 0 aromatic heterocycles. The van der Waals surface area contributed by atoms with Gasteiger partial charge in [0.2, 0.25) is 0 Å². The first-order chi connectivity index (χ1) is 29.6. The largest absolute Gasteiger partial charge is 0.282 e. The average Bonchev–Trinajstić information content (AvgIpc) is 3.65. The van der Waals surface area contributed by atoms with Crippen molar-refractivity contribution >= 4 is 28.7 Å². The van der Waals surface area contributed by atoms with E-state index in [1.807, 2.05) is 84.9 Å². The molecule has 0 saturated heterocycles. The Bertz CT molecular complexity index is 3220. The Kier molecular flexibility index (Phi) is 9.38. The van der Waals surface area contributed by atoms with Crippen LogP contribution in [0.15, 0.2) is 216 Å². The molecule has 60 heavy (non-hydrogen) atoms. The monoisotopic (exact) mass is 764 g/mol. The number of nitrogens with zero attached hydrogens (tertiary/aromatic N) is 3. The van der Waals surface area contributed by atoms with Gasteiger partial charge in [-0.05, 0) is 95.7 Å². The van der Waals surface area contributed by atoms with Gasteiger partial charge in [0, 0.05) is 22.9 Å². The molecule has 0 unspecified atom stereocenters. The maximum absolute atomic E-state index is 10.5. The molecule has 0 aliphatic heterocycles. The minimum Gasteiger partial charge on any atom is -0.282 e. The number of hydrogen-bond donors (Lipinski definition) is 1. The predicted molar refractivity (Wildman–Crippen MR) is 249 cm³/mol. The molecule has 0 atom stereocenters. The highest BCUT2D eigenvalue weighted by molar-refractivity contribution is 6.18. The normalized spacial score (nSPS) is 11.8. The SMILES string of the molecule is N#Cc1cccc(-c2cccc(C=NC(=NC(=N)c3ccccc3)c3ccccc3)c2)c1-c1cccc(-c2ccccc2-c2cccc3c2-c2cccc4cccc-3c24)c1. The van der Waals surface area contributed by atoms with E-state index in [1.54, 1.807) is 6.21 Å². The fraction of sp³-hybridized carbons (Fsp3) is 0. The van der Waals surface area contributed by atoms with Crippen LogP contribution in [0.3, 0.4) is 0 Å². The second kappa shape index (κ2) is 15.6. The molecule has 4 heteroatoms. The van der Waals surface area contributed by atoms with E-state index in [9.17, 15) is 5.26 Å². The lowest BCUT2D eigenvalue weighted by molar-refractivity contribution is 1.40. The number of nitrogens with one attached hydrogen (secondary N) is 1. The number of rotatable bonds is 7. The van der Waals surface area contributed by atoms with Crippen molar-refractivity contribution in [2.24, 2.45) is 9.98 Å². The van der Waals surface area contributed by atoms with Crippen LogP contribution >= 0.6 is 0 Å². The topological polar surface area (TPSA) is 72.4 Å². The summed E-state index contributed by atoms with van der Waals surface area (Å²) in [5.74, 6) is 0.584. The number of hydrogen-bond acceptors (Lipinski definition) is 2. The first-order valence-electron chi connectivity index (χ1n) is 20.0. The summed E-state index contributed by atoms with van der Waals surface area (Å²) in [4.78, 5) is 9.48.